The lowest BCUT2D eigenvalue weighted by atomic mass is 10.1. The van der Waals surface area contributed by atoms with Gasteiger partial charge < -0.3 is 10.1 Å². The average molecular weight is 434 g/mol. The van der Waals surface area contributed by atoms with Gasteiger partial charge in [0.2, 0.25) is 0 Å². The van der Waals surface area contributed by atoms with E-state index in [1.165, 1.54) is 17.7 Å². The maximum Gasteiger partial charge on any atom is 0.263 e. The number of aromatic nitrogens is 4. The van der Waals surface area contributed by atoms with Crippen molar-refractivity contribution in [2.45, 2.75) is 26.4 Å². The summed E-state index contributed by atoms with van der Waals surface area (Å²) in [6.45, 7) is 4.92. The molecule has 2 aromatic carbocycles. The second-order valence-electron chi connectivity index (χ2n) is 6.95. The third-order valence-corrected chi connectivity index (χ3v) is 5.96. The lowest BCUT2D eigenvalue weighted by Crippen LogP contribution is -2.31. The molecule has 1 unspecified atom stereocenters. The van der Waals surface area contributed by atoms with Gasteiger partial charge in [-0.1, -0.05) is 30.3 Å². The van der Waals surface area contributed by atoms with Crippen molar-refractivity contribution in [1.29, 1.82) is 0 Å². The summed E-state index contributed by atoms with van der Waals surface area (Å²) < 4.78 is 7.21. The number of nitrogens with one attached hydrogen (secondary N) is 1. The maximum atomic E-state index is 13.2. The van der Waals surface area contributed by atoms with Crippen LogP contribution in [0.3, 0.4) is 0 Å². The molecule has 0 spiro atoms. The van der Waals surface area contributed by atoms with Crippen molar-refractivity contribution in [3.05, 3.63) is 83.4 Å². The predicted octanol–water partition coefficient (Wildman–Crippen LogP) is 4.28. The molecule has 0 aliphatic carbocycles. The molecule has 1 amide bonds. The molecule has 158 valence electrons. The summed E-state index contributed by atoms with van der Waals surface area (Å²) in [6, 6.07) is 17.4. The van der Waals surface area contributed by atoms with E-state index in [0.29, 0.717) is 23.7 Å². The van der Waals surface area contributed by atoms with Gasteiger partial charge in [0, 0.05) is 5.56 Å². The Labute approximate surface area is 184 Å². The van der Waals surface area contributed by atoms with Gasteiger partial charge in [0.15, 0.2) is 0 Å². The first kappa shape index (κ1) is 20.7. The minimum Gasteiger partial charge on any atom is -0.494 e. The molecular formula is C23H23N5O2S. The van der Waals surface area contributed by atoms with Gasteiger partial charge in [0.25, 0.3) is 5.91 Å². The number of thiazole rings is 1. The number of nitrogens with zero attached hydrogens (tertiary/aromatic N) is 4. The van der Waals surface area contributed by atoms with Gasteiger partial charge in [0.1, 0.15) is 28.3 Å². The zero-order chi connectivity index (χ0) is 21.6. The fourth-order valence-electron chi connectivity index (χ4n) is 3.25. The summed E-state index contributed by atoms with van der Waals surface area (Å²) in [7, 11) is 0. The lowest BCUT2D eigenvalue weighted by molar-refractivity contribution is 0.0935. The standard InChI is InChI=1S/C23H23N5O2S/c1-3-30-19-11-9-18(10-12-19)23-26-16(2)21(31-23)22(29)27-20(13-28-15-24-14-25-28)17-7-5-4-6-8-17/h4-12,14-15,20H,3,13H2,1-2H3,(H,27,29). The molecule has 0 radical (unpaired) electrons. The first-order valence-corrected chi connectivity index (χ1v) is 10.8. The van der Waals surface area contributed by atoms with Crippen molar-refractivity contribution in [3.63, 3.8) is 0 Å². The van der Waals surface area contributed by atoms with Gasteiger partial charge in [-0.25, -0.2) is 9.97 Å². The first-order chi connectivity index (χ1) is 15.1. The Kier molecular flexibility index (Phi) is 6.37. The molecule has 0 aliphatic rings. The van der Waals surface area contributed by atoms with E-state index >= 15 is 0 Å². The fourth-order valence-corrected chi connectivity index (χ4v) is 4.22. The minimum atomic E-state index is -0.245. The van der Waals surface area contributed by atoms with Crippen LogP contribution in [-0.4, -0.2) is 32.3 Å². The number of carbonyl (C=O) groups is 1. The summed E-state index contributed by atoms with van der Waals surface area (Å²) in [5, 5.41) is 8.12. The Morgan fingerprint density at radius 1 is 1.16 bits per heavy atom. The van der Waals surface area contributed by atoms with Gasteiger partial charge in [0.05, 0.1) is 24.9 Å². The maximum absolute atomic E-state index is 13.2. The Morgan fingerprint density at radius 3 is 2.61 bits per heavy atom. The van der Waals surface area contributed by atoms with Crippen molar-refractivity contribution in [2.24, 2.45) is 0 Å². The van der Waals surface area contributed by atoms with E-state index in [-0.39, 0.29) is 11.9 Å². The van der Waals surface area contributed by atoms with Gasteiger partial charge in [-0.2, -0.15) is 5.10 Å². The summed E-state index contributed by atoms with van der Waals surface area (Å²) in [5.41, 5.74) is 2.66. The number of benzene rings is 2. The van der Waals surface area contributed by atoms with Crippen molar-refractivity contribution >= 4 is 17.2 Å². The van der Waals surface area contributed by atoms with Gasteiger partial charge in [-0.3, -0.25) is 9.48 Å². The van der Waals surface area contributed by atoms with E-state index in [1.807, 2.05) is 68.4 Å². The first-order valence-electron chi connectivity index (χ1n) is 10.0. The van der Waals surface area contributed by atoms with Crippen LogP contribution in [0.1, 0.15) is 33.9 Å². The molecule has 0 bridgehead atoms. The highest BCUT2D eigenvalue weighted by atomic mass is 32.1. The van der Waals surface area contributed by atoms with E-state index in [0.717, 1.165) is 21.9 Å². The Balaban J connectivity index is 1.55. The van der Waals surface area contributed by atoms with E-state index in [4.69, 9.17) is 4.74 Å². The molecule has 0 saturated carbocycles. The highest BCUT2D eigenvalue weighted by Crippen LogP contribution is 2.30. The highest BCUT2D eigenvalue weighted by molar-refractivity contribution is 7.17. The van der Waals surface area contributed by atoms with Crippen LogP contribution in [0.25, 0.3) is 10.6 Å². The Bertz CT molecular complexity index is 1120. The SMILES string of the molecule is CCOc1ccc(-c2nc(C)c(C(=O)NC(Cn3cncn3)c3ccccc3)s2)cc1. The summed E-state index contributed by atoms with van der Waals surface area (Å²) in [5.74, 6) is 0.664. The molecule has 8 heteroatoms. The van der Waals surface area contributed by atoms with Crippen LogP contribution in [0, 0.1) is 6.92 Å². The van der Waals surface area contributed by atoms with Gasteiger partial charge in [-0.05, 0) is 43.7 Å². The molecule has 0 saturated heterocycles. The molecule has 4 rings (SSSR count). The Hall–Kier alpha value is -3.52. The molecule has 1 atom stereocenters. The fraction of sp³-hybridized carbons (Fsp3) is 0.217. The smallest absolute Gasteiger partial charge is 0.263 e. The number of rotatable bonds is 8. The van der Waals surface area contributed by atoms with Crippen LogP contribution in [0.15, 0.2) is 67.3 Å². The van der Waals surface area contributed by atoms with E-state index in [9.17, 15) is 4.79 Å². The molecule has 4 aromatic rings. The predicted molar refractivity (Wildman–Crippen MR) is 120 cm³/mol. The number of aryl methyl sites for hydroxylation is 1. The third kappa shape index (κ3) is 4.97. The average Bonchev–Trinajstić information content (AvgIpc) is 3.44. The normalized spacial score (nSPS) is 11.8. The summed E-state index contributed by atoms with van der Waals surface area (Å²) in [4.78, 5) is 22.4. The summed E-state index contributed by atoms with van der Waals surface area (Å²) in [6.07, 6.45) is 3.13. The number of ether oxygens (including phenoxy) is 1. The highest BCUT2D eigenvalue weighted by Gasteiger charge is 2.21. The largest absolute Gasteiger partial charge is 0.494 e. The molecule has 7 nitrogen and oxygen atoms in total. The monoisotopic (exact) mass is 433 g/mol. The topological polar surface area (TPSA) is 81.9 Å². The number of amides is 1. The molecular weight excluding hydrogens is 410 g/mol. The molecule has 2 aromatic heterocycles. The minimum absolute atomic E-state index is 0.152. The molecule has 2 heterocycles. The van der Waals surface area contributed by atoms with Crippen molar-refractivity contribution in [1.82, 2.24) is 25.1 Å². The zero-order valence-corrected chi connectivity index (χ0v) is 18.2. The molecule has 31 heavy (non-hydrogen) atoms. The number of hydrogen-bond donors (Lipinski definition) is 1. The van der Waals surface area contributed by atoms with Crippen molar-refractivity contribution < 1.29 is 9.53 Å². The van der Waals surface area contributed by atoms with Crippen LogP contribution in [-0.2, 0) is 6.54 Å². The lowest BCUT2D eigenvalue weighted by Gasteiger charge is -2.19. The zero-order valence-electron chi connectivity index (χ0n) is 17.4. The second-order valence-corrected chi connectivity index (χ2v) is 7.94. The molecule has 1 N–H and O–H groups in total. The van der Waals surface area contributed by atoms with Crippen LogP contribution in [0.4, 0.5) is 0 Å². The Morgan fingerprint density at radius 2 is 1.94 bits per heavy atom. The molecule has 0 fully saturated rings. The quantitative estimate of drug-likeness (QED) is 0.448. The second kappa shape index (κ2) is 9.53. The van der Waals surface area contributed by atoms with Crippen molar-refractivity contribution in [3.8, 4) is 16.3 Å². The van der Waals surface area contributed by atoms with Crippen LogP contribution in [0.2, 0.25) is 0 Å². The van der Waals surface area contributed by atoms with E-state index in [1.54, 1.807) is 11.0 Å². The van der Waals surface area contributed by atoms with E-state index in [2.05, 4.69) is 20.4 Å². The molecule has 0 aliphatic heterocycles. The third-order valence-electron chi connectivity index (χ3n) is 4.76. The number of carbonyl (C=O) groups excluding carboxylic acids is 1. The van der Waals surface area contributed by atoms with Crippen LogP contribution in [0.5, 0.6) is 5.75 Å². The number of hydrogen-bond acceptors (Lipinski definition) is 6. The van der Waals surface area contributed by atoms with Gasteiger partial charge >= 0.3 is 0 Å². The van der Waals surface area contributed by atoms with Crippen LogP contribution >= 0.6 is 11.3 Å². The van der Waals surface area contributed by atoms with Crippen LogP contribution < -0.4 is 10.1 Å². The van der Waals surface area contributed by atoms with E-state index < -0.39 is 0 Å². The van der Waals surface area contributed by atoms with Crippen molar-refractivity contribution in [2.75, 3.05) is 6.61 Å². The van der Waals surface area contributed by atoms with Gasteiger partial charge in [-0.15, -0.1) is 11.3 Å². The summed E-state index contributed by atoms with van der Waals surface area (Å²) >= 11 is 1.39.